The summed E-state index contributed by atoms with van der Waals surface area (Å²) in [7, 11) is 0. The second kappa shape index (κ2) is 4.26. The number of rotatable bonds is 2. The quantitative estimate of drug-likeness (QED) is 0.587. The van der Waals surface area contributed by atoms with Gasteiger partial charge in [-0.15, -0.1) is 0 Å². The number of carbonyl (C=O) groups is 2. The van der Waals surface area contributed by atoms with E-state index in [1.54, 1.807) is 6.07 Å². The lowest BCUT2D eigenvalue weighted by atomic mass is 9.87. The zero-order valence-electron chi connectivity index (χ0n) is 8.77. The van der Waals surface area contributed by atoms with Crippen molar-refractivity contribution in [3.8, 4) is 0 Å². The number of halogens is 1. The van der Waals surface area contributed by atoms with Crippen molar-refractivity contribution in [2.45, 2.75) is 19.3 Å². The van der Waals surface area contributed by atoms with Crippen LogP contribution in [0.1, 0.15) is 24.8 Å². The maximum absolute atomic E-state index is 11.4. The van der Waals surface area contributed by atoms with Gasteiger partial charge in [-0.2, -0.15) is 0 Å². The van der Waals surface area contributed by atoms with Gasteiger partial charge in [-0.25, -0.2) is 0 Å². The fourth-order valence-electron chi connectivity index (χ4n) is 1.90. The second-order valence-corrected chi connectivity index (χ2v) is 4.38. The van der Waals surface area contributed by atoms with Crippen molar-refractivity contribution in [1.82, 2.24) is 0 Å². The molecule has 3 nitrogen and oxygen atoms in total. The van der Waals surface area contributed by atoms with Gasteiger partial charge in [0, 0.05) is 5.02 Å². The minimum Gasteiger partial charge on any atom is -0.393 e. The van der Waals surface area contributed by atoms with Crippen molar-refractivity contribution in [3.63, 3.8) is 0 Å². The van der Waals surface area contributed by atoms with E-state index in [2.05, 4.69) is 4.74 Å². The lowest BCUT2D eigenvalue weighted by Gasteiger charge is -2.15. The van der Waals surface area contributed by atoms with Crippen LogP contribution in [0, 0.1) is 5.92 Å². The van der Waals surface area contributed by atoms with Crippen molar-refractivity contribution >= 4 is 23.5 Å². The Morgan fingerprint density at radius 3 is 2.75 bits per heavy atom. The van der Waals surface area contributed by atoms with Crippen LogP contribution < -0.4 is 0 Å². The molecule has 1 saturated heterocycles. The molecule has 2 rings (SSSR count). The highest BCUT2D eigenvalue weighted by molar-refractivity contribution is 6.30. The number of benzene rings is 1. The molecule has 16 heavy (non-hydrogen) atoms. The van der Waals surface area contributed by atoms with E-state index in [0.717, 1.165) is 5.56 Å². The molecular weight excluding hydrogens is 228 g/mol. The highest BCUT2D eigenvalue weighted by Gasteiger charge is 2.37. The number of cyclic esters (lactones) is 2. The molecule has 1 aliphatic heterocycles. The van der Waals surface area contributed by atoms with Crippen LogP contribution in [-0.4, -0.2) is 11.9 Å². The predicted molar refractivity (Wildman–Crippen MR) is 59.1 cm³/mol. The Morgan fingerprint density at radius 2 is 2.19 bits per heavy atom. The molecule has 1 aliphatic rings. The summed E-state index contributed by atoms with van der Waals surface area (Å²) in [6.07, 6.45) is 0.159. The molecule has 0 spiro atoms. The predicted octanol–water partition coefficient (Wildman–Crippen LogP) is 2.53. The standard InChI is InChI=1S/C12H11ClO3/c1-7(8-3-2-4-9(13)5-8)10-6-11(14)16-12(10)15/h2-5,7,10H,6H2,1H3. The summed E-state index contributed by atoms with van der Waals surface area (Å²) in [6, 6.07) is 7.31. The van der Waals surface area contributed by atoms with Crippen LogP contribution >= 0.6 is 11.6 Å². The van der Waals surface area contributed by atoms with Gasteiger partial charge in [-0.3, -0.25) is 9.59 Å². The van der Waals surface area contributed by atoms with E-state index in [-0.39, 0.29) is 18.3 Å². The van der Waals surface area contributed by atoms with Gasteiger partial charge in [0.05, 0.1) is 12.3 Å². The highest BCUT2D eigenvalue weighted by Crippen LogP contribution is 2.32. The average Bonchev–Trinajstić information content (AvgIpc) is 2.57. The van der Waals surface area contributed by atoms with Gasteiger partial charge in [0.15, 0.2) is 0 Å². The number of hydrogen-bond donors (Lipinski definition) is 0. The lowest BCUT2D eigenvalue weighted by molar-refractivity contribution is -0.153. The molecule has 1 fully saturated rings. The molecule has 4 heteroatoms. The molecule has 0 aromatic heterocycles. The Kier molecular flexibility index (Phi) is 2.97. The molecule has 84 valence electrons. The van der Waals surface area contributed by atoms with Gasteiger partial charge in [0.25, 0.3) is 0 Å². The fraction of sp³-hybridized carbons (Fsp3) is 0.333. The SMILES string of the molecule is CC(c1cccc(Cl)c1)C1CC(=O)OC1=O. The van der Waals surface area contributed by atoms with Crippen LogP contribution in [0.15, 0.2) is 24.3 Å². The van der Waals surface area contributed by atoms with Crippen LogP contribution in [0.2, 0.25) is 5.02 Å². The van der Waals surface area contributed by atoms with E-state index < -0.39 is 11.9 Å². The third-order valence-corrected chi connectivity index (χ3v) is 3.12. The fourth-order valence-corrected chi connectivity index (χ4v) is 2.09. The van der Waals surface area contributed by atoms with Crippen LogP contribution in [0.5, 0.6) is 0 Å². The van der Waals surface area contributed by atoms with Crippen molar-refractivity contribution in [3.05, 3.63) is 34.9 Å². The first-order chi connectivity index (χ1) is 7.58. The first-order valence-corrected chi connectivity index (χ1v) is 5.45. The summed E-state index contributed by atoms with van der Waals surface area (Å²) in [6.45, 7) is 1.90. The van der Waals surface area contributed by atoms with Gasteiger partial charge in [-0.1, -0.05) is 30.7 Å². The molecular formula is C12H11ClO3. The van der Waals surface area contributed by atoms with E-state index >= 15 is 0 Å². The number of carbonyl (C=O) groups excluding carboxylic acids is 2. The minimum absolute atomic E-state index is 0.0577. The highest BCUT2D eigenvalue weighted by atomic mass is 35.5. The normalized spacial score (nSPS) is 22.0. The zero-order valence-corrected chi connectivity index (χ0v) is 9.53. The molecule has 1 aromatic carbocycles. The first-order valence-electron chi connectivity index (χ1n) is 5.08. The first kappa shape index (κ1) is 11.1. The van der Waals surface area contributed by atoms with Crippen molar-refractivity contribution < 1.29 is 14.3 Å². The average molecular weight is 239 g/mol. The van der Waals surface area contributed by atoms with Gasteiger partial charge in [-0.05, 0) is 23.6 Å². The summed E-state index contributed by atoms with van der Waals surface area (Å²) in [5.41, 5.74) is 0.948. The maximum atomic E-state index is 11.4. The molecule has 1 aromatic rings. The van der Waals surface area contributed by atoms with Gasteiger partial charge < -0.3 is 4.74 Å². The Hall–Kier alpha value is -1.35. The number of esters is 2. The molecule has 0 amide bonds. The van der Waals surface area contributed by atoms with Crippen LogP contribution in [0.3, 0.4) is 0 Å². The number of ether oxygens (including phenoxy) is 1. The molecule has 0 aliphatic carbocycles. The Bertz CT molecular complexity index is 442. The van der Waals surface area contributed by atoms with E-state index in [4.69, 9.17) is 11.6 Å². The summed E-state index contributed by atoms with van der Waals surface area (Å²) >= 11 is 5.88. The molecule has 0 saturated carbocycles. The summed E-state index contributed by atoms with van der Waals surface area (Å²) in [5, 5.41) is 0.627. The van der Waals surface area contributed by atoms with Crippen molar-refractivity contribution in [2.24, 2.45) is 5.92 Å². The molecule has 1 heterocycles. The number of hydrogen-bond acceptors (Lipinski definition) is 3. The summed E-state index contributed by atoms with van der Waals surface area (Å²) in [4.78, 5) is 22.4. The molecule has 0 radical (unpaired) electrons. The molecule has 0 N–H and O–H groups in total. The largest absolute Gasteiger partial charge is 0.393 e. The van der Waals surface area contributed by atoms with Crippen molar-refractivity contribution in [2.75, 3.05) is 0 Å². The lowest BCUT2D eigenvalue weighted by Crippen LogP contribution is -2.15. The topological polar surface area (TPSA) is 43.4 Å². The third-order valence-electron chi connectivity index (χ3n) is 2.88. The minimum atomic E-state index is -0.441. The third kappa shape index (κ3) is 2.09. The summed E-state index contributed by atoms with van der Waals surface area (Å²) < 4.78 is 4.54. The molecule has 2 unspecified atom stereocenters. The summed E-state index contributed by atoms with van der Waals surface area (Å²) in [5.74, 6) is -1.31. The smallest absolute Gasteiger partial charge is 0.317 e. The Balaban J connectivity index is 2.22. The monoisotopic (exact) mass is 238 g/mol. The van der Waals surface area contributed by atoms with Gasteiger partial charge >= 0.3 is 11.9 Å². The Morgan fingerprint density at radius 1 is 1.44 bits per heavy atom. The zero-order chi connectivity index (χ0) is 11.7. The van der Waals surface area contributed by atoms with Gasteiger partial charge in [0.2, 0.25) is 0 Å². The molecule has 2 atom stereocenters. The molecule has 0 bridgehead atoms. The van der Waals surface area contributed by atoms with E-state index in [1.165, 1.54) is 0 Å². The Labute approximate surface area is 98.4 Å². The van der Waals surface area contributed by atoms with E-state index in [9.17, 15) is 9.59 Å². The van der Waals surface area contributed by atoms with E-state index in [1.807, 2.05) is 25.1 Å². The van der Waals surface area contributed by atoms with Gasteiger partial charge in [0.1, 0.15) is 0 Å². The van der Waals surface area contributed by atoms with Crippen molar-refractivity contribution in [1.29, 1.82) is 0 Å². The maximum Gasteiger partial charge on any atom is 0.317 e. The van der Waals surface area contributed by atoms with Crippen LogP contribution in [-0.2, 0) is 14.3 Å². The second-order valence-electron chi connectivity index (χ2n) is 3.95. The van der Waals surface area contributed by atoms with Crippen LogP contribution in [0.4, 0.5) is 0 Å². The van der Waals surface area contributed by atoms with Crippen LogP contribution in [0.25, 0.3) is 0 Å². The van der Waals surface area contributed by atoms with E-state index in [0.29, 0.717) is 5.02 Å².